The molecule has 1 heterocycles. The first-order chi connectivity index (χ1) is 6.13. The summed E-state index contributed by atoms with van der Waals surface area (Å²) >= 11 is 0. The van der Waals surface area contributed by atoms with E-state index in [1.807, 2.05) is 0 Å². The predicted molar refractivity (Wildman–Crippen MR) is 54.5 cm³/mol. The third-order valence-corrected chi connectivity index (χ3v) is 2.88. The SMILES string of the molecule is CC1CC(C)N(CC(N)CCO)C1. The highest BCUT2D eigenvalue weighted by Crippen LogP contribution is 2.22. The van der Waals surface area contributed by atoms with E-state index in [1.54, 1.807) is 0 Å². The Bertz CT molecular complexity index is 152. The van der Waals surface area contributed by atoms with Gasteiger partial charge in [0.2, 0.25) is 0 Å². The summed E-state index contributed by atoms with van der Waals surface area (Å²) in [5, 5.41) is 8.73. The smallest absolute Gasteiger partial charge is 0.0446 e. The van der Waals surface area contributed by atoms with Gasteiger partial charge in [-0.3, -0.25) is 4.90 Å². The van der Waals surface area contributed by atoms with Crippen molar-refractivity contribution in [1.82, 2.24) is 4.90 Å². The molecule has 0 amide bonds. The third kappa shape index (κ3) is 3.25. The van der Waals surface area contributed by atoms with Crippen LogP contribution in [0.2, 0.25) is 0 Å². The second-order valence-corrected chi connectivity index (χ2v) is 4.42. The summed E-state index contributed by atoms with van der Waals surface area (Å²) < 4.78 is 0. The highest BCUT2D eigenvalue weighted by atomic mass is 16.3. The van der Waals surface area contributed by atoms with Gasteiger partial charge in [0.05, 0.1) is 0 Å². The van der Waals surface area contributed by atoms with E-state index in [0.717, 1.165) is 18.9 Å². The Morgan fingerprint density at radius 3 is 2.69 bits per heavy atom. The molecule has 3 nitrogen and oxygen atoms in total. The molecule has 0 aromatic carbocycles. The summed E-state index contributed by atoms with van der Waals surface area (Å²) in [4.78, 5) is 2.44. The number of rotatable bonds is 4. The summed E-state index contributed by atoms with van der Waals surface area (Å²) in [5.41, 5.74) is 5.87. The lowest BCUT2D eigenvalue weighted by Gasteiger charge is -2.24. The van der Waals surface area contributed by atoms with Gasteiger partial charge in [-0.05, 0) is 25.7 Å². The number of aliphatic hydroxyl groups excluding tert-OH is 1. The number of nitrogens with zero attached hydrogens (tertiary/aromatic N) is 1. The molecular weight excluding hydrogens is 164 g/mol. The van der Waals surface area contributed by atoms with Crippen molar-refractivity contribution in [2.24, 2.45) is 11.7 Å². The van der Waals surface area contributed by atoms with Crippen LogP contribution in [0.1, 0.15) is 26.7 Å². The Kier molecular flexibility index (Phi) is 4.16. The Morgan fingerprint density at radius 1 is 1.54 bits per heavy atom. The Labute approximate surface area is 80.9 Å². The molecule has 13 heavy (non-hydrogen) atoms. The van der Waals surface area contributed by atoms with Crippen LogP contribution in [0.15, 0.2) is 0 Å². The monoisotopic (exact) mass is 186 g/mol. The number of likely N-dealkylation sites (tertiary alicyclic amines) is 1. The average Bonchev–Trinajstić information content (AvgIpc) is 2.30. The van der Waals surface area contributed by atoms with Crippen molar-refractivity contribution in [2.75, 3.05) is 19.7 Å². The number of hydrogen-bond acceptors (Lipinski definition) is 3. The summed E-state index contributed by atoms with van der Waals surface area (Å²) in [5.74, 6) is 0.802. The maximum absolute atomic E-state index is 8.73. The summed E-state index contributed by atoms with van der Waals surface area (Å²) in [6.45, 7) is 6.86. The van der Waals surface area contributed by atoms with E-state index < -0.39 is 0 Å². The zero-order chi connectivity index (χ0) is 9.84. The summed E-state index contributed by atoms with van der Waals surface area (Å²) in [6, 6.07) is 0.803. The van der Waals surface area contributed by atoms with Gasteiger partial charge in [0.25, 0.3) is 0 Å². The number of nitrogens with two attached hydrogens (primary N) is 1. The van der Waals surface area contributed by atoms with Crippen molar-refractivity contribution in [3.8, 4) is 0 Å². The van der Waals surface area contributed by atoms with Gasteiger partial charge >= 0.3 is 0 Å². The summed E-state index contributed by atoms with van der Waals surface area (Å²) in [7, 11) is 0. The maximum atomic E-state index is 8.73. The fraction of sp³-hybridized carbons (Fsp3) is 1.00. The van der Waals surface area contributed by atoms with Crippen LogP contribution in [0.5, 0.6) is 0 Å². The zero-order valence-electron chi connectivity index (χ0n) is 8.74. The lowest BCUT2D eigenvalue weighted by Crippen LogP contribution is -2.39. The second kappa shape index (κ2) is 4.94. The highest BCUT2D eigenvalue weighted by molar-refractivity contribution is 4.82. The maximum Gasteiger partial charge on any atom is 0.0446 e. The van der Waals surface area contributed by atoms with Gasteiger partial charge in [0, 0.05) is 31.8 Å². The van der Waals surface area contributed by atoms with E-state index in [0.29, 0.717) is 6.04 Å². The van der Waals surface area contributed by atoms with Gasteiger partial charge in [-0.25, -0.2) is 0 Å². The van der Waals surface area contributed by atoms with Crippen LogP contribution in [-0.2, 0) is 0 Å². The number of hydrogen-bond donors (Lipinski definition) is 2. The molecule has 3 unspecified atom stereocenters. The second-order valence-electron chi connectivity index (χ2n) is 4.42. The molecule has 0 bridgehead atoms. The lowest BCUT2D eigenvalue weighted by atomic mass is 10.1. The topological polar surface area (TPSA) is 49.5 Å². The molecule has 3 N–H and O–H groups in total. The molecule has 0 aromatic heterocycles. The molecule has 1 saturated heterocycles. The molecule has 1 rings (SSSR count). The van der Waals surface area contributed by atoms with E-state index in [2.05, 4.69) is 18.7 Å². The fourth-order valence-corrected chi connectivity index (χ4v) is 2.20. The first kappa shape index (κ1) is 11.0. The van der Waals surface area contributed by atoms with Crippen LogP contribution in [0.4, 0.5) is 0 Å². The van der Waals surface area contributed by atoms with Gasteiger partial charge in [-0.15, -0.1) is 0 Å². The summed E-state index contributed by atoms with van der Waals surface area (Å²) in [6.07, 6.45) is 2.00. The molecule has 0 saturated carbocycles. The van der Waals surface area contributed by atoms with Gasteiger partial charge in [0.1, 0.15) is 0 Å². The lowest BCUT2D eigenvalue weighted by molar-refractivity contribution is 0.218. The Hall–Kier alpha value is -0.120. The predicted octanol–water partition coefficient (Wildman–Crippen LogP) is 0.426. The molecule has 78 valence electrons. The van der Waals surface area contributed by atoms with Gasteiger partial charge in [0.15, 0.2) is 0 Å². The minimum Gasteiger partial charge on any atom is -0.396 e. The van der Waals surface area contributed by atoms with E-state index in [1.165, 1.54) is 13.0 Å². The normalized spacial score (nSPS) is 32.3. The molecule has 0 spiro atoms. The van der Waals surface area contributed by atoms with E-state index in [-0.39, 0.29) is 12.6 Å². The first-order valence-electron chi connectivity index (χ1n) is 5.24. The van der Waals surface area contributed by atoms with E-state index in [4.69, 9.17) is 10.8 Å². The van der Waals surface area contributed by atoms with Crippen LogP contribution >= 0.6 is 0 Å². The van der Waals surface area contributed by atoms with Crippen molar-refractivity contribution in [1.29, 1.82) is 0 Å². The average molecular weight is 186 g/mol. The van der Waals surface area contributed by atoms with Crippen LogP contribution in [-0.4, -0.2) is 41.8 Å². The Morgan fingerprint density at radius 2 is 2.23 bits per heavy atom. The molecule has 0 aliphatic carbocycles. The molecule has 1 fully saturated rings. The van der Waals surface area contributed by atoms with Gasteiger partial charge in [-0.1, -0.05) is 6.92 Å². The van der Waals surface area contributed by atoms with Crippen LogP contribution in [0.25, 0.3) is 0 Å². The molecule has 3 heteroatoms. The third-order valence-electron chi connectivity index (χ3n) is 2.88. The van der Waals surface area contributed by atoms with Crippen molar-refractivity contribution >= 4 is 0 Å². The van der Waals surface area contributed by atoms with Crippen LogP contribution in [0.3, 0.4) is 0 Å². The fourth-order valence-electron chi connectivity index (χ4n) is 2.20. The minimum atomic E-state index is 0.137. The molecule has 3 atom stereocenters. The van der Waals surface area contributed by atoms with Crippen LogP contribution in [0, 0.1) is 5.92 Å². The minimum absolute atomic E-state index is 0.137. The van der Waals surface area contributed by atoms with Crippen molar-refractivity contribution in [3.63, 3.8) is 0 Å². The standard InChI is InChI=1S/C10H22N2O/c1-8-5-9(2)12(6-8)7-10(11)3-4-13/h8-10,13H,3-7,11H2,1-2H3. The molecular formula is C10H22N2O. The van der Waals surface area contributed by atoms with Crippen molar-refractivity contribution < 1.29 is 5.11 Å². The number of aliphatic hydroxyl groups is 1. The molecule has 1 aliphatic heterocycles. The van der Waals surface area contributed by atoms with E-state index >= 15 is 0 Å². The van der Waals surface area contributed by atoms with Crippen molar-refractivity contribution in [3.05, 3.63) is 0 Å². The highest BCUT2D eigenvalue weighted by Gasteiger charge is 2.26. The quantitative estimate of drug-likeness (QED) is 0.669. The first-order valence-corrected chi connectivity index (χ1v) is 5.24. The van der Waals surface area contributed by atoms with Gasteiger partial charge < -0.3 is 10.8 Å². The van der Waals surface area contributed by atoms with E-state index in [9.17, 15) is 0 Å². The largest absolute Gasteiger partial charge is 0.396 e. The molecule has 0 aromatic rings. The molecule has 1 aliphatic rings. The van der Waals surface area contributed by atoms with Crippen LogP contribution < -0.4 is 5.73 Å². The molecule has 0 radical (unpaired) electrons. The van der Waals surface area contributed by atoms with Gasteiger partial charge in [-0.2, -0.15) is 0 Å². The zero-order valence-corrected chi connectivity index (χ0v) is 8.74. The van der Waals surface area contributed by atoms with Crippen molar-refractivity contribution in [2.45, 2.75) is 38.8 Å². The Balaban J connectivity index is 2.28.